The van der Waals surface area contributed by atoms with Gasteiger partial charge < -0.3 is 11.1 Å². The van der Waals surface area contributed by atoms with Gasteiger partial charge in [-0.25, -0.2) is 0 Å². The maximum Gasteiger partial charge on any atom is 0.245 e. The van der Waals surface area contributed by atoms with E-state index in [1.54, 1.807) is 0 Å². The van der Waals surface area contributed by atoms with Gasteiger partial charge in [0.1, 0.15) is 0 Å². The summed E-state index contributed by atoms with van der Waals surface area (Å²) in [5.41, 5.74) is 4.96. The Morgan fingerprint density at radius 2 is 2.44 bits per heavy atom. The summed E-state index contributed by atoms with van der Waals surface area (Å²) < 4.78 is 0. The molecule has 0 aromatic rings. The van der Waals surface area contributed by atoms with Crippen molar-refractivity contribution in [2.75, 3.05) is 6.54 Å². The Bertz CT molecular complexity index is 110. The van der Waals surface area contributed by atoms with Crippen molar-refractivity contribution in [1.29, 1.82) is 0 Å². The van der Waals surface area contributed by atoms with E-state index in [2.05, 4.69) is 5.32 Å². The molecule has 0 atom stereocenters. The monoisotopic (exact) mass is 128 g/mol. The zero-order valence-electron chi connectivity index (χ0n) is 5.55. The minimum absolute atomic E-state index is 0.126. The highest BCUT2D eigenvalue weighted by atomic mass is 16.1. The molecule has 0 saturated carbocycles. The van der Waals surface area contributed by atoms with Gasteiger partial charge in [-0.1, -0.05) is 6.92 Å². The first-order valence-electron chi connectivity index (χ1n) is 2.97. The van der Waals surface area contributed by atoms with E-state index in [-0.39, 0.29) is 5.91 Å². The molecule has 0 aliphatic heterocycles. The number of carbonyl (C=O) groups is 1. The Kier molecular flexibility index (Phi) is 4.59. The highest BCUT2D eigenvalue weighted by molar-refractivity contribution is 5.87. The van der Waals surface area contributed by atoms with Crippen LogP contribution in [-0.2, 0) is 4.79 Å². The van der Waals surface area contributed by atoms with Crippen LogP contribution < -0.4 is 11.1 Å². The molecule has 9 heavy (non-hydrogen) atoms. The standard InChI is InChI=1S/C6H12N2O/c1-2-5-8-6(9)3-4-7/h3-4H,2,5,7H2,1H3,(H,8,9)/b4-3+. The average molecular weight is 128 g/mol. The molecule has 1 amide bonds. The summed E-state index contributed by atoms with van der Waals surface area (Å²) in [6.45, 7) is 2.70. The van der Waals surface area contributed by atoms with Crippen molar-refractivity contribution in [2.45, 2.75) is 13.3 Å². The number of nitrogens with two attached hydrogens (primary N) is 1. The van der Waals surface area contributed by atoms with E-state index in [0.29, 0.717) is 6.54 Å². The summed E-state index contributed by atoms with van der Waals surface area (Å²) in [5.74, 6) is -0.126. The largest absolute Gasteiger partial charge is 0.404 e. The van der Waals surface area contributed by atoms with Gasteiger partial charge in [-0.15, -0.1) is 0 Å². The van der Waals surface area contributed by atoms with Crippen LogP contribution in [0.4, 0.5) is 0 Å². The number of rotatable bonds is 3. The molecule has 0 aromatic carbocycles. The third-order valence-electron chi connectivity index (χ3n) is 0.797. The Morgan fingerprint density at radius 3 is 2.89 bits per heavy atom. The fourth-order valence-corrected chi connectivity index (χ4v) is 0.395. The second kappa shape index (κ2) is 5.15. The lowest BCUT2D eigenvalue weighted by Gasteiger charge is -1.95. The molecule has 0 rings (SSSR count). The Labute approximate surface area is 54.9 Å². The number of carbonyl (C=O) groups excluding carboxylic acids is 1. The van der Waals surface area contributed by atoms with Crippen LogP contribution in [0, 0.1) is 0 Å². The lowest BCUT2D eigenvalue weighted by atomic mass is 10.4. The molecule has 0 saturated heterocycles. The van der Waals surface area contributed by atoms with E-state index >= 15 is 0 Å². The molecule has 0 aliphatic rings. The summed E-state index contributed by atoms with van der Waals surface area (Å²) in [7, 11) is 0. The number of hydrogen-bond acceptors (Lipinski definition) is 2. The highest BCUT2D eigenvalue weighted by Crippen LogP contribution is 1.71. The molecule has 0 fully saturated rings. The van der Waals surface area contributed by atoms with Crippen LogP contribution in [0.1, 0.15) is 13.3 Å². The van der Waals surface area contributed by atoms with Gasteiger partial charge in [-0.2, -0.15) is 0 Å². The molecule has 0 unspecified atom stereocenters. The molecule has 0 spiro atoms. The van der Waals surface area contributed by atoms with E-state index in [4.69, 9.17) is 5.73 Å². The van der Waals surface area contributed by atoms with Gasteiger partial charge in [0.15, 0.2) is 0 Å². The first-order chi connectivity index (χ1) is 4.31. The third-order valence-corrected chi connectivity index (χ3v) is 0.797. The zero-order valence-corrected chi connectivity index (χ0v) is 5.55. The topological polar surface area (TPSA) is 55.1 Å². The number of nitrogens with one attached hydrogen (secondary N) is 1. The maximum absolute atomic E-state index is 10.5. The summed E-state index contributed by atoms with van der Waals surface area (Å²) in [4.78, 5) is 10.5. The second-order valence-corrected chi connectivity index (χ2v) is 1.65. The maximum atomic E-state index is 10.5. The van der Waals surface area contributed by atoms with Gasteiger partial charge >= 0.3 is 0 Å². The van der Waals surface area contributed by atoms with Crippen LogP contribution in [0.2, 0.25) is 0 Å². The number of hydrogen-bond donors (Lipinski definition) is 2. The van der Waals surface area contributed by atoms with Crippen LogP contribution in [0.5, 0.6) is 0 Å². The van der Waals surface area contributed by atoms with Gasteiger partial charge in [0, 0.05) is 12.6 Å². The summed E-state index contributed by atoms with van der Waals surface area (Å²) in [5, 5.41) is 2.63. The SMILES string of the molecule is CCCNC(=O)/C=C/N. The third kappa shape index (κ3) is 4.87. The van der Waals surface area contributed by atoms with Gasteiger partial charge in [-0.05, 0) is 12.6 Å². The molecule has 52 valence electrons. The molecular formula is C6H12N2O. The Balaban J connectivity index is 3.27. The minimum Gasteiger partial charge on any atom is -0.404 e. The van der Waals surface area contributed by atoms with Crippen molar-refractivity contribution in [1.82, 2.24) is 5.32 Å². The smallest absolute Gasteiger partial charge is 0.245 e. The highest BCUT2D eigenvalue weighted by Gasteiger charge is 1.88. The number of amides is 1. The average Bonchev–Trinajstić information content (AvgIpc) is 1.85. The van der Waals surface area contributed by atoms with Crippen molar-refractivity contribution < 1.29 is 4.79 Å². The first-order valence-corrected chi connectivity index (χ1v) is 2.97. The van der Waals surface area contributed by atoms with E-state index in [9.17, 15) is 4.79 Å². The molecule has 0 radical (unpaired) electrons. The molecule has 0 aliphatic carbocycles. The van der Waals surface area contributed by atoms with Crippen molar-refractivity contribution >= 4 is 5.91 Å². The fraction of sp³-hybridized carbons (Fsp3) is 0.500. The van der Waals surface area contributed by atoms with E-state index in [1.807, 2.05) is 6.92 Å². The van der Waals surface area contributed by atoms with E-state index in [1.165, 1.54) is 12.3 Å². The van der Waals surface area contributed by atoms with Crippen molar-refractivity contribution in [3.63, 3.8) is 0 Å². The molecule has 3 heteroatoms. The van der Waals surface area contributed by atoms with Gasteiger partial charge in [0.2, 0.25) is 5.91 Å². The Morgan fingerprint density at radius 1 is 1.78 bits per heavy atom. The predicted molar refractivity (Wildman–Crippen MR) is 36.6 cm³/mol. The van der Waals surface area contributed by atoms with Crippen LogP contribution in [-0.4, -0.2) is 12.5 Å². The second-order valence-electron chi connectivity index (χ2n) is 1.65. The molecular weight excluding hydrogens is 116 g/mol. The Hall–Kier alpha value is -0.990. The predicted octanol–water partition coefficient (Wildman–Crippen LogP) is -0.0150. The van der Waals surface area contributed by atoms with Gasteiger partial charge in [-0.3, -0.25) is 4.79 Å². The molecule has 3 N–H and O–H groups in total. The summed E-state index contributed by atoms with van der Waals surface area (Å²) in [6.07, 6.45) is 3.48. The van der Waals surface area contributed by atoms with Crippen LogP contribution in [0.3, 0.4) is 0 Å². The molecule has 3 nitrogen and oxygen atoms in total. The quantitative estimate of drug-likeness (QED) is 0.525. The van der Waals surface area contributed by atoms with Gasteiger partial charge in [0.25, 0.3) is 0 Å². The molecule has 0 heterocycles. The summed E-state index contributed by atoms with van der Waals surface area (Å²) >= 11 is 0. The van der Waals surface area contributed by atoms with E-state index < -0.39 is 0 Å². The molecule has 0 aromatic heterocycles. The minimum atomic E-state index is -0.126. The van der Waals surface area contributed by atoms with Crippen LogP contribution in [0.25, 0.3) is 0 Å². The normalized spacial score (nSPS) is 9.89. The van der Waals surface area contributed by atoms with E-state index in [0.717, 1.165) is 6.42 Å². The lowest BCUT2D eigenvalue weighted by molar-refractivity contribution is -0.116. The van der Waals surface area contributed by atoms with Crippen LogP contribution in [0.15, 0.2) is 12.3 Å². The van der Waals surface area contributed by atoms with Crippen molar-refractivity contribution in [3.05, 3.63) is 12.3 Å². The molecule has 0 bridgehead atoms. The zero-order chi connectivity index (χ0) is 7.11. The van der Waals surface area contributed by atoms with Gasteiger partial charge in [0.05, 0.1) is 0 Å². The fourth-order valence-electron chi connectivity index (χ4n) is 0.395. The lowest BCUT2D eigenvalue weighted by Crippen LogP contribution is -2.21. The van der Waals surface area contributed by atoms with Crippen molar-refractivity contribution in [2.24, 2.45) is 5.73 Å². The summed E-state index contributed by atoms with van der Waals surface area (Å²) in [6, 6.07) is 0. The van der Waals surface area contributed by atoms with Crippen molar-refractivity contribution in [3.8, 4) is 0 Å². The van der Waals surface area contributed by atoms with Crippen LogP contribution >= 0.6 is 0 Å². The first kappa shape index (κ1) is 8.01.